The highest BCUT2D eigenvalue weighted by Crippen LogP contribution is 2.29. The van der Waals surface area contributed by atoms with Gasteiger partial charge in [0.15, 0.2) is 5.89 Å². The summed E-state index contributed by atoms with van der Waals surface area (Å²) in [7, 11) is 0. The van der Waals surface area contributed by atoms with Crippen molar-refractivity contribution in [2.75, 3.05) is 13.1 Å². The third kappa shape index (κ3) is 3.71. The van der Waals surface area contributed by atoms with Gasteiger partial charge in [-0.25, -0.2) is 4.98 Å². The van der Waals surface area contributed by atoms with Crippen LogP contribution in [-0.2, 0) is 6.42 Å². The molecule has 1 saturated heterocycles. The first kappa shape index (κ1) is 18.6. The van der Waals surface area contributed by atoms with E-state index in [0.29, 0.717) is 12.2 Å². The standard InChI is InChI=1S/C25H23N3O2/c29-25(23-22-11-5-4-9-19(22)12-13-26-23)28-14-6-10-20(17-28)24-27-16-21(30-24)15-18-7-2-1-3-8-18/h1-5,7-9,11-13,16,20H,6,10,14-15,17H2/t20-/m1/s1. The minimum absolute atomic E-state index is 0.0208. The topological polar surface area (TPSA) is 59.2 Å². The van der Waals surface area contributed by atoms with E-state index in [1.54, 1.807) is 6.20 Å². The molecular formula is C25H23N3O2. The zero-order chi connectivity index (χ0) is 20.3. The second kappa shape index (κ2) is 8.11. The van der Waals surface area contributed by atoms with Crippen LogP contribution in [0.4, 0.5) is 0 Å². The van der Waals surface area contributed by atoms with Gasteiger partial charge in [-0.05, 0) is 29.9 Å². The molecule has 4 aromatic rings. The maximum absolute atomic E-state index is 13.2. The molecule has 3 heterocycles. The molecule has 1 atom stereocenters. The number of oxazole rings is 1. The van der Waals surface area contributed by atoms with Crippen molar-refractivity contribution in [1.29, 1.82) is 0 Å². The Kier molecular flexibility index (Phi) is 5.01. The van der Waals surface area contributed by atoms with Crippen molar-refractivity contribution in [2.45, 2.75) is 25.2 Å². The van der Waals surface area contributed by atoms with Gasteiger partial charge < -0.3 is 9.32 Å². The number of rotatable bonds is 4. The van der Waals surface area contributed by atoms with Crippen LogP contribution >= 0.6 is 0 Å². The van der Waals surface area contributed by atoms with Gasteiger partial charge in [0, 0.05) is 31.1 Å². The highest BCUT2D eigenvalue weighted by atomic mass is 16.4. The summed E-state index contributed by atoms with van der Waals surface area (Å²) >= 11 is 0. The summed E-state index contributed by atoms with van der Waals surface area (Å²) in [6, 6.07) is 20.1. The van der Waals surface area contributed by atoms with Crippen molar-refractivity contribution >= 4 is 16.7 Å². The number of likely N-dealkylation sites (tertiary alicyclic amines) is 1. The van der Waals surface area contributed by atoms with Crippen LogP contribution in [0.1, 0.15) is 46.5 Å². The van der Waals surface area contributed by atoms with E-state index in [-0.39, 0.29) is 11.8 Å². The van der Waals surface area contributed by atoms with Crippen molar-refractivity contribution in [1.82, 2.24) is 14.9 Å². The Bertz CT molecular complexity index is 1160. The zero-order valence-electron chi connectivity index (χ0n) is 16.7. The predicted molar refractivity (Wildman–Crippen MR) is 115 cm³/mol. The number of carbonyl (C=O) groups excluding carboxylic acids is 1. The van der Waals surface area contributed by atoms with Crippen molar-refractivity contribution in [2.24, 2.45) is 0 Å². The second-order valence-electron chi connectivity index (χ2n) is 7.80. The lowest BCUT2D eigenvalue weighted by Crippen LogP contribution is -2.39. The molecule has 0 saturated carbocycles. The molecule has 1 fully saturated rings. The monoisotopic (exact) mass is 397 g/mol. The van der Waals surface area contributed by atoms with Crippen molar-refractivity contribution in [3.63, 3.8) is 0 Å². The minimum Gasteiger partial charge on any atom is -0.445 e. The Labute approximate surface area is 175 Å². The van der Waals surface area contributed by atoms with Gasteiger partial charge in [-0.15, -0.1) is 0 Å². The summed E-state index contributed by atoms with van der Waals surface area (Å²) in [5, 5.41) is 1.93. The average Bonchev–Trinajstić information content (AvgIpc) is 3.27. The van der Waals surface area contributed by atoms with E-state index in [2.05, 4.69) is 22.1 Å². The molecular weight excluding hydrogens is 374 g/mol. The minimum atomic E-state index is -0.0208. The van der Waals surface area contributed by atoms with Gasteiger partial charge in [0.05, 0.1) is 12.1 Å². The molecule has 0 unspecified atom stereocenters. The van der Waals surface area contributed by atoms with Crippen LogP contribution < -0.4 is 0 Å². The molecule has 0 aliphatic carbocycles. The van der Waals surface area contributed by atoms with Gasteiger partial charge in [0.25, 0.3) is 5.91 Å². The number of hydrogen-bond acceptors (Lipinski definition) is 4. The maximum atomic E-state index is 13.2. The molecule has 2 aromatic heterocycles. The molecule has 0 bridgehead atoms. The Morgan fingerprint density at radius 1 is 1.03 bits per heavy atom. The smallest absolute Gasteiger partial charge is 0.273 e. The van der Waals surface area contributed by atoms with Crippen molar-refractivity contribution in [3.8, 4) is 0 Å². The van der Waals surface area contributed by atoms with Crippen LogP contribution in [0.15, 0.2) is 77.5 Å². The van der Waals surface area contributed by atoms with Crippen LogP contribution in [0.3, 0.4) is 0 Å². The number of fused-ring (bicyclic) bond motifs is 1. The lowest BCUT2D eigenvalue weighted by molar-refractivity contribution is 0.0694. The Hall–Kier alpha value is -3.47. The number of aromatic nitrogens is 2. The normalized spacial score (nSPS) is 16.7. The Morgan fingerprint density at radius 2 is 1.87 bits per heavy atom. The summed E-state index contributed by atoms with van der Waals surface area (Å²) in [6.45, 7) is 1.34. The van der Waals surface area contributed by atoms with E-state index in [0.717, 1.165) is 48.2 Å². The van der Waals surface area contributed by atoms with E-state index >= 15 is 0 Å². The number of amides is 1. The summed E-state index contributed by atoms with van der Waals surface area (Å²) in [4.78, 5) is 24.1. The average molecular weight is 397 g/mol. The summed E-state index contributed by atoms with van der Waals surface area (Å²) < 4.78 is 6.07. The van der Waals surface area contributed by atoms with E-state index in [9.17, 15) is 4.79 Å². The number of hydrogen-bond donors (Lipinski definition) is 0. The first-order valence-corrected chi connectivity index (χ1v) is 10.4. The lowest BCUT2D eigenvalue weighted by atomic mass is 9.97. The van der Waals surface area contributed by atoms with Crippen LogP contribution in [-0.4, -0.2) is 33.9 Å². The molecule has 1 aliphatic heterocycles. The van der Waals surface area contributed by atoms with Crippen molar-refractivity contribution in [3.05, 3.63) is 96.0 Å². The van der Waals surface area contributed by atoms with Gasteiger partial charge in [-0.2, -0.15) is 0 Å². The van der Waals surface area contributed by atoms with Crippen LogP contribution in [0.25, 0.3) is 10.8 Å². The van der Waals surface area contributed by atoms with Gasteiger partial charge in [-0.1, -0.05) is 54.6 Å². The number of nitrogens with zero attached hydrogens (tertiary/aromatic N) is 3. The molecule has 30 heavy (non-hydrogen) atoms. The molecule has 2 aromatic carbocycles. The molecule has 5 nitrogen and oxygen atoms in total. The zero-order valence-corrected chi connectivity index (χ0v) is 16.7. The quantitative estimate of drug-likeness (QED) is 0.495. The van der Waals surface area contributed by atoms with Gasteiger partial charge in [0.1, 0.15) is 11.5 Å². The van der Waals surface area contributed by atoms with E-state index in [1.165, 1.54) is 5.56 Å². The van der Waals surface area contributed by atoms with Gasteiger partial charge in [0.2, 0.25) is 0 Å². The molecule has 5 heteroatoms. The first-order valence-electron chi connectivity index (χ1n) is 10.4. The SMILES string of the molecule is O=C(c1nccc2ccccc12)N1CCC[C@@H](c2ncc(Cc3ccccc3)o2)C1. The molecule has 1 amide bonds. The fraction of sp³-hybridized carbons (Fsp3) is 0.240. The van der Waals surface area contributed by atoms with Crippen LogP contribution in [0.2, 0.25) is 0 Å². The molecule has 0 spiro atoms. The van der Waals surface area contributed by atoms with Gasteiger partial charge in [-0.3, -0.25) is 9.78 Å². The number of piperidine rings is 1. The number of carbonyl (C=O) groups is 1. The highest BCUT2D eigenvalue weighted by molar-refractivity contribution is 6.05. The second-order valence-corrected chi connectivity index (χ2v) is 7.80. The maximum Gasteiger partial charge on any atom is 0.273 e. The summed E-state index contributed by atoms with van der Waals surface area (Å²) in [5.74, 6) is 1.68. The molecule has 150 valence electrons. The molecule has 5 rings (SSSR count). The van der Waals surface area contributed by atoms with Crippen molar-refractivity contribution < 1.29 is 9.21 Å². The molecule has 0 radical (unpaired) electrons. The Morgan fingerprint density at radius 3 is 2.77 bits per heavy atom. The number of pyridine rings is 1. The largest absolute Gasteiger partial charge is 0.445 e. The first-order chi connectivity index (χ1) is 14.8. The van der Waals surface area contributed by atoms with Gasteiger partial charge >= 0.3 is 0 Å². The van der Waals surface area contributed by atoms with Crippen LogP contribution in [0, 0.1) is 0 Å². The third-order valence-electron chi connectivity index (χ3n) is 5.73. The fourth-order valence-corrected chi connectivity index (χ4v) is 4.19. The summed E-state index contributed by atoms with van der Waals surface area (Å²) in [6.07, 6.45) is 6.15. The predicted octanol–water partition coefficient (Wildman–Crippen LogP) is 4.83. The van der Waals surface area contributed by atoms with E-state index in [4.69, 9.17) is 4.42 Å². The van der Waals surface area contributed by atoms with Crippen LogP contribution in [0.5, 0.6) is 0 Å². The number of benzene rings is 2. The summed E-state index contributed by atoms with van der Waals surface area (Å²) in [5.41, 5.74) is 1.72. The fourth-order valence-electron chi connectivity index (χ4n) is 4.19. The lowest BCUT2D eigenvalue weighted by Gasteiger charge is -2.31. The molecule has 1 aliphatic rings. The highest BCUT2D eigenvalue weighted by Gasteiger charge is 2.29. The Balaban J connectivity index is 1.33. The third-order valence-corrected chi connectivity index (χ3v) is 5.73. The molecule has 0 N–H and O–H groups in total. The van der Waals surface area contributed by atoms with E-state index < -0.39 is 0 Å². The van der Waals surface area contributed by atoms with E-state index in [1.807, 2.05) is 59.6 Å².